The summed E-state index contributed by atoms with van der Waals surface area (Å²) in [7, 11) is -3.11. The van der Waals surface area contributed by atoms with E-state index in [9.17, 15) is 8.42 Å². The Morgan fingerprint density at radius 2 is 2.00 bits per heavy atom. The first kappa shape index (κ1) is 15.2. The van der Waals surface area contributed by atoms with Crippen molar-refractivity contribution in [3.8, 4) is 0 Å². The lowest BCUT2D eigenvalue weighted by atomic mass is 10.3. The molecule has 0 fully saturated rings. The van der Waals surface area contributed by atoms with E-state index < -0.39 is 10.0 Å². The third-order valence-corrected chi connectivity index (χ3v) is 3.47. The predicted octanol–water partition coefficient (Wildman–Crippen LogP) is 1.21. The zero-order chi connectivity index (χ0) is 11.7. The van der Waals surface area contributed by atoms with Crippen molar-refractivity contribution in [3.05, 3.63) is 0 Å². The summed E-state index contributed by atoms with van der Waals surface area (Å²) >= 11 is 5.41. The zero-order valence-corrected chi connectivity index (χ0v) is 10.9. The van der Waals surface area contributed by atoms with Crippen LogP contribution in [0.2, 0.25) is 0 Å². The third kappa shape index (κ3) is 10.4. The number of sulfonamides is 1. The summed E-state index contributed by atoms with van der Waals surface area (Å²) in [4.78, 5) is 0. The van der Waals surface area contributed by atoms with Gasteiger partial charge in [-0.1, -0.05) is 13.8 Å². The minimum Gasteiger partial charge on any atom is -0.380 e. The van der Waals surface area contributed by atoms with Crippen LogP contribution in [-0.4, -0.2) is 39.8 Å². The van der Waals surface area contributed by atoms with E-state index in [2.05, 4.69) is 4.72 Å². The van der Waals surface area contributed by atoms with Crippen molar-refractivity contribution >= 4 is 21.6 Å². The highest BCUT2D eigenvalue weighted by atomic mass is 35.5. The summed E-state index contributed by atoms with van der Waals surface area (Å²) < 4.78 is 30.4. The Balaban J connectivity index is 3.50. The van der Waals surface area contributed by atoms with E-state index >= 15 is 0 Å². The number of hydrogen-bond donors (Lipinski definition) is 1. The monoisotopic (exact) mass is 257 g/mol. The van der Waals surface area contributed by atoms with Gasteiger partial charge in [-0.2, -0.15) is 0 Å². The average Bonchev–Trinajstić information content (AvgIpc) is 2.08. The first-order valence-electron chi connectivity index (χ1n) is 5.09. The number of alkyl halides is 1. The van der Waals surface area contributed by atoms with Crippen LogP contribution in [0.3, 0.4) is 0 Å². The van der Waals surface area contributed by atoms with Gasteiger partial charge in [-0.05, 0) is 12.3 Å². The number of ether oxygens (including phenoxy) is 1. The van der Waals surface area contributed by atoms with Gasteiger partial charge < -0.3 is 4.74 Å². The molecule has 0 saturated heterocycles. The van der Waals surface area contributed by atoms with Gasteiger partial charge in [0.15, 0.2) is 0 Å². The van der Waals surface area contributed by atoms with Gasteiger partial charge in [0, 0.05) is 19.0 Å². The molecule has 0 aromatic carbocycles. The van der Waals surface area contributed by atoms with Gasteiger partial charge in [0.05, 0.1) is 12.4 Å². The lowest BCUT2D eigenvalue weighted by molar-refractivity contribution is 0.147. The molecule has 0 aliphatic heterocycles. The van der Waals surface area contributed by atoms with Gasteiger partial charge in [-0.15, -0.1) is 11.6 Å². The van der Waals surface area contributed by atoms with Crippen LogP contribution in [0.25, 0.3) is 0 Å². The standard InChI is InChI=1S/C9H20ClNO3S/c1-9(2)8-15(12,13)11-5-3-6-14-7-4-10/h9,11H,3-8H2,1-2H3. The molecule has 0 rings (SSSR count). The molecule has 0 aliphatic carbocycles. The van der Waals surface area contributed by atoms with E-state index in [-0.39, 0.29) is 11.7 Å². The van der Waals surface area contributed by atoms with Crippen LogP contribution in [0.1, 0.15) is 20.3 Å². The molecule has 1 N–H and O–H groups in total. The molecule has 0 aromatic rings. The molecule has 0 saturated carbocycles. The Labute approximate surface area is 97.4 Å². The Morgan fingerprint density at radius 3 is 2.53 bits per heavy atom. The minimum absolute atomic E-state index is 0.148. The fourth-order valence-corrected chi connectivity index (χ4v) is 2.62. The molecule has 0 aliphatic rings. The maximum atomic E-state index is 11.4. The molecule has 0 aromatic heterocycles. The van der Waals surface area contributed by atoms with Crippen LogP contribution in [0.15, 0.2) is 0 Å². The maximum Gasteiger partial charge on any atom is 0.211 e. The Kier molecular flexibility index (Phi) is 8.42. The zero-order valence-electron chi connectivity index (χ0n) is 9.33. The van der Waals surface area contributed by atoms with Gasteiger partial charge in [0.25, 0.3) is 0 Å². The smallest absolute Gasteiger partial charge is 0.211 e. The molecule has 0 atom stereocenters. The topological polar surface area (TPSA) is 55.4 Å². The number of nitrogens with one attached hydrogen (secondary N) is 1. The van der Waals surface area contributed by atoms with Gasteiger partial charge in [-0.25, -0.2) is 13.1 Å². The second-order valence-corrected chi connectivity index (χ2v) is 5.95. The lowest BCUT2D eigenvalue weighted by Gasteiger charge is -2.08. The number of rotatable bonds is 9. The molecule has 0 spiro atoms. The normalized spacial score (nSPS) is 12.3. The molecular formula is C9H20ClNO3S. The van der Waals surface area contributed by atoms with Crippen LogP contribution in [0.4, 0.5) is 0 Å². The Hall–Kier alpha value is 0.160. The molecule has 4 nitrogen and oxygen atoms in total. The summed E-state index contributed by atoms with van der Waals surface area (Å²) in [5, 5.41) is 0. The molecule has 0 unspecified atom stereocenters. The SMILES string of the molecule is CC(C)CS(=O)(=O)NCCCOCCCl. The van der Waals surface area contributed by atoms with Crippen molar-refractivity contribution in [1.82, 2.24) is 4.72 Å². The Morgan fingerprint density at radius 1 is 1.33 bits per heavy atom. The van der Waals surface area contributed by atoms with Crippen LogP contribution in [0, 0.1) is 5.92 Å². The minimum atomic E-state index is -3.11. The fourth-order valence-electron chi connectivity index (χ4n) is 1.06. The van der Waals surface area contributed by atoms with E-state index in [0.29, 0.717) is 32.1 Å². The first-order valence-corrected chi connectivity index (χ1v) is 7.27. The van der Waals surface area contributed by atoms with Crippen molar-refractivity contribution in [1.29, 1.82) is 0 Å². The molecule has 0 radical (unpaired) electrons. The van der Waals surface area contributed by atoms with Crippen molar-refractivity contribution in [2.75, 3.05) is 31.4 Å². The highest BCUT2D eigenvalue weighted by molar-refractivity contribution is 7.89. The molecular weight excluding hydrogens is 238 g/mol. The number of halogens is 1. The predicted molar refractivity (Wildman–Crippen MR) is 62.8 cm³/mol. The average molecular weight is 258 g/mol. The van der Waals surface area contributed by atoms with E-state index in [4.69, 9.17) is 16.3 Å². The van der Waals surface area contributed by atoms with Crippen molar-refractivity contribution in [3.63, 3.8) is 0 Å². The van der Waals surface area contributed by atoms with Crippen LogP contribution in [0.5, 0.6) is 0 Å². The summed E-state index contributed by atoms with van der Waals surface area (Å²) in [5.41, 5.74) is 0. The molecule has 15 heavy (non-hydrogen) atoms. The summed E-state index contributed by atoms with van der Waals surface area (Å²) in [6, 6.07) is 0. The largest absolute Gasteiger partial charge is 0.380 e. The molecule has 92 valence electrons. The summed E-state index contributed by atoms with van der Waals surface area (Å²) in [6.45, 7) is 5.24. The third-order valence-electron chi connectivity index (χ3n) is 1.56. The van der Waals surface area contributed by atoms with Gasteiger partial charge >= 0.3 is 0 Å². The molecule has 6 heteroatoms. The molecule has 0 amide bonds. The fraction of sp³-hybridized carbons (Fsp3) is 1.00. The van der Waals surface area contributed by atoms with Crippen molar-refractivity contribution in [2.24, 2.45) is 5.92 Å². The van der Waals surface area contributed by atoms with Gasteiger partial charge in [0.1, 0.15) is 0 Å². The van der Waals surface area contributed by atoms with E-state index in [1.165, 1.54) is 0 Å². The molecule has 0 heterocycles. The summed E-state index contributed by atoms with van der Waals surface area (Å²) in [5.74, 6) is 0.796. The van der Waals surface area contributed by atoms with Crippen LogP contribution >= 0.6 is 11.6 Å². The van der Waals surface area contributed by atoms with Crippen molar-refractivity contribution in [2.45, 2.75) is 20.3 Å². The summed E-state index contributed by atoms with van der Waals surface area (Å²) in [6.07, 6.45) is 0.675. The van der Waals surface area contributed by atoms with Crippen LogP contribution < -0.4 is 4.72 Å². The van der Waals surface area contributed by atoms with E-state index in [0.717, 1.165) is 0 Å². The van der Waals surface area contributed by atoms with E-state index in [1.54, 1.807) is 0 Å². The van der Waals surface area contributed by atoms with Gasteiger partial charge in [-0.3, -0.25) is 0 Å². The van der Waals surface area contributed by atoms with Crippen molar-refractivity contribution < 1.29 is 13.2 Å². The van der Waals surface area contributed by atoms with Crippen LogP contribution in [-0.2, 0) is 14.8 Å². The van der Waals surface area contributed by atoms with E-state index in [1.807, 2.05) is 13.8 Å². The number of hydrogen-bond acceptors (Lipinski definition) is 3. The quantitative estimate of drug-likeness (QED) is 0.499. The molecule has 0 bridgehead atoms. The second-order valence-electron chi connectivity index (χ2n) is 3.72. The highest BCUT2D eigenvalue weighted by Gasteiger charge is 2.11. The maximum absolute atomic E-state index is 11.4. The lowest BCUT2D eigenvalue weighted by Crippen LogP contribution is -2.29. The van der Waals surface area contributed by atoms with Gasteiger partial charge in [0.2, 0.25) is 10.0 Å². The first-order chi connectivity index (χ1) is 6.98. The Bertz CT molecular complexity index is 242. The highest BCUT2D eigenvalue weighted by Crippen LogP contribution is 1.97. The second kappa shape index (κ2) is 8.33.